The van der Waals surface area contributed by atoms with Crippen LogP contribution in [0, 0.1) is 0 Å². The summed E-state index contributed by atoms with van der Waals surface area (Å²) >= 11 is 0. The molecule has 1 rings (SSSR count). The number of aliphatic hydroxyl groups excluding tert-OH is 1. The van der Waals surface area contributed by atoms with Gasteiger partial charge in [-0.3, -0.25) is 0 Å². The fourth-order valence-corrected chi connectivity index (χ4v) is 1.21. The summed E-state index contributed by atoms with van der Waals surface area (Å²) in [5.41, 5.74) is 1.78. The maximum Gasteiger partial charge on any atom is 0.118 e. The molecule has 0 aliphatic rings. The second-order valence-electron chi connectivity index (χ2n) is 2.87. The first-order valence-electron chi connectivity index (χ1n) is 4.19. The number of aryl methyl sites for hydroxylation is 1. The quantitative estimate of drug-likeness (QED) is 0.719. The van der Waals surface area contributed by atoms with Crippen LogP contribution >= 0.6 is 0 Å². The number of phenols is 1. The maximum atomic E-state index is 9.38. The van der Waals surface area contributed by atoms with Gasteiger partial charge in [-0.2, -0.15) is 0 Å². The van der Waals surface area contributed by atoms with Gasteiger partial charge in [0.05, 0.1) is 6.61 Å². The van der Waals surface area contributed by atoms with Gasteiger partial charge in [-0.25, -0.2) is 0 Å². The first kappa shape index (κ1) is 9.07. The average molecular weight is 166 g/mol. The fraction of sp³-hybridized carbons (Fsp3) is 0.400. The normalized spacial score (nSPS) is 10.2. The van der Waals surface area contributed by atoms with E-state index in [0.29, 0.717) is 5.75 Å². The Morgan fingerprint density at radius 2 is 2.08 bits per heavy atom. The van der Waals surface area contributed by atoms with Gasteiger partial charge >= 0.3 is 0 Å². The number of hydrogen-bond donors (Lipinski definition) is 2. The number of hydrogen-bond acceptors (Lipinski definition) is 2. The molecule has 2 nitrogen and oxygen atoms in total. The second-order valence-corrected chi connectivity index (χ2v) is 2.87. The van der Waals surface area contributed by atoms with Gasteiger partial charge in [-0.05, 0) is 29.7 Å². The van der Waals surface area contributed by atoms with Gasteiger partial charge in [0.2, 0.25) is 0 Å². The van der Waals surface area contributed by atoms with Crippen molar-refractivity contribution in [2.24, 2.45) is 0 Å². The molecule has 0 fully saturated rings. The van der Waals surface area contributed by atoms with Crippen molar-refractivity contribution in [2.75, 3.05) is 0 Å². The van der Waals surface area contributed by atoms with Crippen LogP contribution < -0.4 is 0 Å². The number of aromatic hydroxyl groups is 1. The summed E-state index contributed by atoms with van der Waals surface area (Å²) in [5.74, 6) is 0.328. The number of rotatable bonds is 3. The van der Waals surface area contributed by atoms with Gasteiger partial charge in [0, 0.05) is 0 Å². The minimum atomic E-state index is 0.0387. The van der Waals surface area contributed by atoms with Gasteiger partial charge in [-0.1, -0.05) is 19.4 Å². The Labute approximate surface area is 72.5 Å². The number of benzene rings is 1. The zero-order valence-electron chi connectivity index (χ0n) is 7.25. The molecule has 0 amide bonds. The Balaban J connectivity index is 2.91. The molecular weight excluding hydrogens is 152 g/mol. The molecule has 0 saturated carbocycles. The van der Waals surface area contributed by atoms with E-state index in [1.54, 1.807) is 12.1 Å². The molecule has 0 saturated heterocycles. The Hall–Kier alpha value is -1.02. The largest absolute Gasteiger partial charge is 0.508 e. The van der Waals surface area contributed by atoms with Crippen LogP contribution in [-0.2, 0) is 13.0 Å². The molecule has 0 atom stereocenters. The lowest BCUT2D eigenvalue weighted by molar-refractivity contribution is 0.281. The minimum absolute atomic E-state index is 0.0387. The molecule has 0 heterocycles. The van der Waals surface area contributed by atoms with Crippen molar-refractivity contribution < 1.29 is 10.2 Å². The van der Waals surface area contributed by atoms with Crippen molar-refractivity contribution in [1.29, 1.82) is 0 Å². The Morgan fingerprint density at radius 1 is 1.33 bits per heavy atom. The lowest BCUT2D eigenvalue weighted by Gasteiger charge is -2.04. The Kier molecular flexibility index (Phi) is 3.11. The highest BCUT2D eigenvalue weighted by molar-refractivity contribution is 5.35. The van der Waals surface area contributed by atoms with Crippen molar-refractivity contribution in [3.63, 3.8) is 0 Å². The monoisotopic (exact) mass is 166 g/mol. The number of phenolic OH excluding ortho intramolecular Hbond substituents is 1. The third kappa shape index (κ3) is 1.98. The standard InChI is InChI=1S/C10H14O2/c1-2-3-9-6-8(7-11)4-5-10(9)12/h4-6,11-12H,2-3,7H2,1H3. The summed E-state index contributed by atoms with van der Waals surface area (Å²) in [4.78, 5) is 0. The van der Waals surface area contributed by atoms with Crippen LogP contribution in [0.15, 0.2) is 18.2 Å². The van der Waals surface area contributed by atoms with Crippen molar-refractivity contribution in [2.45, 2.75) is 26.4 Å². The van der Waals surface area contributed by atoms with Crippen molar-refractivity contribution in [3.05, 3.63) is 29.3 Å². The predicted octanol–water partition coefficient (Wildman–Crippen LogP) is 1.84. The highest BCUT2D eigenvalue weighted by Gasteiger charge is 2.00. The number of aliphatic hydroxyl groups is 1. The summed E-state index contributed by atoms with van der Waals surface area (Å²) in [5, 5.41) is 18.2. The molecule has 0 aliphatic carbocycles. The molecule has 0 radical (unpaired) electrons. The SMILES string of the molecule is CCCc1cc(CO)ccc1O. The van der Waals surface area contributed by atoms with E-state index in [-0.39, 0.29) is 6.61 Å². The van der Waals surface area contributed by atoms with E-state index < -0.39 is 0 Å². The zero-order chi connectivity index (χ0) is 8.97. The van der Waals surface area contributed by atoms with E-state index in [2.05, 4.69) is 6.92 Å². The van der Waals surface area contributed by atoms with E-state index >= 15 is 0 Å². The lowest BCUT2D eigenvalue weighted by atomic mass is 10.1. The van der Waals surface area contributed by atoms with E-state index in [0.717, 1.165) is 24.0 Å². The van der Waals surface area contributed by atoms with Crippen LogP contribution in [-0.4, -0.2) is 10.2 Å². The molecule has 12 heavy (non-hydrogen) atoms. The summed E-state index contributed by atoms with van der Waals surface area (Å²) < 4.78 is 0. The van der Waals surface area contributed by atoms with Crippen LogP contribution in [0.3, 0.4) is 0 Å². The van der Waals surface area contributed by atoms with Gasteiger partial charge in [0.15, 0.2) is 0 Å². The molecule has 2 N–H and O–H groups in total. The van der Waals surface area contributed by atoms with Crippen LogP contribution in [0.1, 0.15) is 24.5 Å². The van der Waals surface area contributed by atoms with E-state index in [1.807, 2.05) is 6.07 Å². The molecule has 66 valence electrons. The van der Waals surface area contributed by atoms with Crippen molar-refractivity contribution in [3.8, 4) is 5.75 Å². The first-order valence-corrected chi connectivity index (χ1v) is 4.19. The third-order valence-electron chi connectivity index (χ3n) is 1.85. The third-order valence-corrected chi connectivity index (χ3v) is 1.85. The summed E-state index contributed by atoms with van der Waals surface area (Å²) in [7, 11) is 0. The van der Waals surface area contributed by atoms with Gasteiger partial charge in [0.25, 0.3) is 0 Å². The van der Waals surface area contributed by atoms with Crippen LogP contribution in [0.2, 0.25) is 0 Å². The van der Waals surface area contributed by atoms with Crippen LogP contribution in [0.5, 0.6) is 5.75 Å². The van der Waals surface area contributed by atoms with Crippen molar-refractivity contribution >= 4 is 0 Å². The highest BCUT2D eigenvalue weighted by Crippen LogP contribution is 2.19. The molecule has 0 bridgehead atoms. The molecule has 1 aromatic carbocycles. The Morgan fingerprint density at radius 3 is 2.67 bits per heavy atom. The highest BCUT2D eigenvalue weighted by atomic mass is 16.3. The second kappa shape index (κ2) is 4.12. The van der Waals surface area contributed by atoms with Gasteiger partial charge < -0.3 is 10.2 Å². The van der Waals surface area contributed by atoms with Gasteiger partial charge in [0.1, 0.15) is 5.75 Å². The minimum Gasteiger partial charge on any atom is -0.508 e. The summed E-state index contributed by atoms with van der Waals surface area (Å²) in [6, 6.07) is 5.21. The molecule has 0 unspecified atom stereocenters. The summed E-state index contributed by atoms with van der Waals surface area (Å²) in [6.45, 7) is 2.10. The average Bonchev–Trinajstić information content (AvgIpc) is 2.09. The van der Waals surface area contributed by atoms with E-state index in [9.17, 15) is 5.11 Å². The molecule has 0 aliphatic heterocycles. The van der Waals surface area contributed by atoms with Gasteiger partial charge in [-0.15, -0.1) is 0 Å². The van der Waals surface area contributed by atoms with Crippen molar-refractivity contribution in [1.82, 2.24) is 0 Å². The Bertz CT molecular complexity index is 256. The maximum absolute atomic E-state index is 9.38. The molecule has 0 spiro atoms. The predicted molar refractivity (Wildman–Crippen MR) is 48.0 cm³/mol. The topological polar surface area (TPSA) is 40.5 Å². The summed E-state index contributed by atoms with van der Waals surface area (Å²) in [6.07, 6.45) is 1.86. The van der Waals surface area contributed by atoms with E-state index in [4.69, 9.17) is 5.11 Å². The molecular formula is C10H14O2. The fourth-order valence-electron chi connectivity index (χ4n) is 1.21. The van der Waals surface area contributed by atoms with E-state index in [1.165, 1.54) is 0 Å². The smallest absolute Gasteiger partial charge is 0.118 e. The lowest BCUT2D eigenvalue weighted by Crippen LogP contribution is -1.88. The molecule has 2 heteroatoms. The molecule has 1 aromatic rings. The van der Waals surface area contributed by atoms with Crippen LogP contribution in [0.4, 0.5) is 0 Å². The van der Waals surface area contributed by atoms with Crippen LogP contribution in [0.25, 0.3) is 0 Å². The first-order chi connectivity index (χ1) is 5.77. The zero-order valence-corrected chi connectivity index (χ0v) is 7.25. The molecule has 0 aromatic heterocycles.